The first-order valence-electron chi connectivity index (χ1n) is 4.91. The molecule has 70 valence electrons. The van der Waals surface area contributed by atoms with Crippen LogP contribution in [0.15, 0.2) is 0 Å². The number of aliphatic hydroxyl groups excluding tert-OH is 1. The van der Waals surface area contributed by atoms with Crippen molar-refractivity contribution in [1.29, 1.82) is 0 Å². The quantitative estimate of drug-likeness (QED) is 0.653. The molecule has 1 aliphatic carbocycles. The van der Waals surface area contributed by atoms with Gasteiger partial charge in [-0.3, -0.25) is 0 Å². The van der Waals surface area contributed by atoms with Gasteiger partial charge in [-0.15, -0.1) is 0 Å². The fourth-order valence-electron chi connectivity index (χ4n) is 2.07. The maximum Gasteiger partial charge on any atom is 0.120 e. The molecule has 0 atom stereocenters. The maximum atomic E-state index is 10.2. The van der Waals surface area contributed by atoms with Crippen LogP contribution in [0.1, 0.15) is 38.5 Å². The summed E-state index contributed by atoms with van der Waals surface area (Å²) in [7, 11) is 0. The number of carbonyl (C=O) groups excluding carboxylic acids is 1. The number of hydrogen-bond acceptors (Lipinski definition) is 2. The van der Waals surface area contributed by atoms with Crippen LogP contribution in [0.5, 0.6) is 0 Å². The zero-order valence-electron chi connectivity index (χ0n) is 7.54. The molecule has 1 N–H and O–H groups in total. The van der Waals surface area contributed by atoms with Crippen LogP contribution in [-0.4, -0.2) is 18.0 Å². The Balaban J connectivity index is 2.15. The van der Waals surface area contributed by atoms with E-state index >= 15 is 0 Å². The zero-order valence-corrected chi connectivity index (χ0v) is 7.54. The van der Waals surface area contributed by atoms with Gasteiger partial charge in [0.2, 0.25) is 0 Å². The van der Waals surface area contributed by atoms with Crippen LogP contribution >= 0.6 is 0 Å². The van der Waals surface area contributed by atoms with E-state index in [1.54, 1.807) is 0 Å². The highest BCUT2D eigenvalue weighted by molar-refractivity contribution is 5.49. The molecule has 0 aliphatic heterocycles. The molecule has 0 heterocycles. The Bertz CT molecular complexity index is 126. The summed E-state index contributed by atoms with van der Waals surface area (Å²) in [5.74, 6) is 1.36. The van der Waals surface area contributed by atoms with Crippen LogP contribution in [0.25, 0.3) is 0 Å². The van der Waals surface area contributed by atoms with Gasteiger partial charge < -0.3 is 9.90 Å². The molecule has 2 nitrogen and oxygen atoms in total. The summed E-state index contributed by atoms with van der Waals surface area (Å²) in [5, 5.41) is 8.73. The van der Waals surface area contributed by atoms with Crippen molar-refractivity contribution in [3.05, 3.63) is 0 Å². The molecule has 0 amide bonds. The summed E-state index contributed by atoms with van der Waals surface area (Å²) in [4.78, 5) is 10.2. The minimum absolute atomic E-state index is 0.322. The van der Waals surface area contributed by atoms with E-state index in [9.17, 15) is 4.79 Å². The third-order valence-electron chi connectivity index (χ3n) is 2.93. The highest BCUT2D eigenvalue weighted by Gasteiger charge is 2.19. The summed E-state index contributed by atoms with van der Waals surface area (Å²) in [6.07, 6.45) is 7.52. The smallest absolute Gasteiger partial charge is 0.120 e. The molecule has 12 heavy (non-hydrogen) atoms. The highest BCUT2D eigenvalue weighted by atomic mass is 16.3. The molecular weight excluding hydrogens is 152 g/mol. The molecule has 0 spiro atoms. The number of carbonyl (C=O) groups is 1. The predicted octanol–water partition coefficient (Wildman–Crippen LogP) is 1.76. The molecule has 0 aromatic carbocycles. The van der Waals surface area contributed by atoms with Crippen LogP contribution in [0.2, 0.25) is 0 Å². The summed E-state index contributed by atoms with van der Waals surface area (Å²) < 4.78 is 0. The lowest BCUT2D eigenvalue weighted by Gasteiger charge is -2.26. The van der Waals surface area contributed by atoms with Crippen molar-refractivity contribution >= 4 is 6.29 Å². The van der Waals surface area contributed by atoms with Crippen molar-refractivity contribution in [1.82, 2.24) is 0 Å². The Labute approximate surface area is 74.0 Å². The lowest BCUT2D eigenvalue weighted by Crippen LogP contribution is -2.15. The molecule has 0 radical (unpaired) electrons. The van der Waals surface area contributed by atoms with Gasteiger partial charge >= 0.3 is 0 Å². The van der Waals surface area contributed by atoms with Crippen LogP contribution in [0.3, 0.4) is 0 Å². The van der Waals surface area contributed by atoms with Crippen molar-refractivity contribution in [2.75, 3.05) is 6.61 Å². The fourth-order valence-corrected chi connectivity index (χ4v) is 2.07. The van der Waals surface area contributed by atoms with E-state index in [0.29, 0.717) is 12.5 Å². The number of rotatable bonds is 4. The first kappa shape index (κ1) is 9.72. The minimum Gasteiger partial charge on any atom is -0.396 e. The van der Waals surface area contributed by atoms with E-state index in [1.807, 2.05) is 0 Å². The van der Waals surface area contributed by atoms with Crippen molar-refractivity contribution in [3.63, 3.8) is 0 Å². The van der Waals surface area contributed by atoms with E-state index < -0.39 is 0 Å². The van der Waals surface area contributed by atoms with Gasteiger partial charge in [-0.05, 0) is 31.1 Å². The summed E-state index contributed by atoms with van der Waals surface area (Å²) >= 11 is 0. The lowest BCUT2D eigenvalue weighted by molar-refractivity contribution is -0.108. The molecule has 0 saturated heterocycles. The molecule has 1 fully saturated rings. The number of hydrogen-bond donors (Lipinski definition) is 1. The van der Waals surface area contributed by atoms with E-state index in [0.717, 1.165) is 25.0 Å². The third-order valence-corrected chi connectivity index (χ3v) is 2.93. The largest absolute Gasteiger partial charge is 0.396 e. The second kappa shape index (κ2) is 5.31. The standard InChI is InChI=1S/C10H18O2/c11-7-5-9-1-2-10(4-3-9)6-8-12/h7,9-10,12H,1-6,8H2. The lowest BCUT2D eigenvalue weighted by atomic mass is 9.79. The average molecular weight is 170 g/mol. The summed E-state index contributed by atoms with van der Waals surface area (Å²) in [5.41, 5.74) is 0. The van der Waals surface area contributed by atoms with Gasteiger partial charge in [0.15, 0.2) is 0 Å². The maximum absolute atomic E-state index is 10.2. The highest BCUT2D eigenvalue weighted by Crippen LogP contribution is 2.31. The van der Waals surface area contributed by atoms with Gasteiger partial charge in [-0.1, -0.05) is 12.8 Å². The minimum atomic E-state index is 0.322. The Morgan fingerprint density at radius 2 is 1.75 bits per heavy atom. The fraction of sp³-hybridized carbons (Fsp3) is 0.900. The van der Waals surface area contributed by atoms with E-state index in [2.05, 4.69) is 0 Å². The van der Waals surface area contributed by atoms with Gasteiger partial charge in [-0.25, -0.2) is 0 Å². The third kappa shape index (κ3) is 2.94. The Hall–Kier alpha value is -0.370. The Morgan fingerprint density at radius 1 is 1.17 bits per heavy atom. The monoisotopic (exact) mass is 170 g/mol. The first-order chi connectivity index (χ1) is 5.86. The molecule has 0 aromatic rings. The van der Waals surface area contributed by atoms with Crippen molar-refractivity contribution in [3.8, 4) is 0 Å². The van der Waals surface area contributed by atoms with Crippen molar-refractivity contribution < 1.29 is 9.90 Å². The predicted molar refractivity (Wildman–Crippen MR) is 47.8 cm³/mol. The molecule has 0 unspecified atom stereocenters. The first-order valence-corrected chi connectivity index (χ1v) is 4.91. The number of aliphatic hydroxyl groups is 1. The topological polar surface area (TPSA) is 37.3 Å². The second-order valence-corrected chi connectivity index (χ2v) is 3.80. The molecular formula is C10H18O2. The van der Waals surface area contributed by atoms with Gasteiger partial charge in [-0.2, -0.15) is 0 Å². The van der Waals surface area contributed by atoms with Crippen LogP contribution in [0.4, 0.5) is 0 Å². The normalized spacial score (nSPS) is 30.1. The molecule has 1 saturated carbocycles. The van der Waals surface area contributed by atoms with Crippen molar-refractivity contribution in [2.45, 2.75) is 38.5 Å². The van der Waals surface area contributed by atoms with Gasteiger partial charge in [0.1, 0.15) is 6.29 Å². The van der Waals surface area contributed by atoms with Gasteiger partial charge in [0.05, 0.1) is 0 Å². The van der Waals surface area contributed by atoms with E-state index in [-0.39, 0.29) is 0 Å². The SMILES string of the molecule is O=CCC1CCC(CCO)CC1. The van der Waals surface area contributed by atoms with E-state index in [4.69, 9.17) is 5.11 Å². The van der Waals surface area contributed by atoms with Gasteiger partial charge in [0, 0.05) is 13.0 Å². The summed E-state index contributed by atoms with van der Waals surface area (Å²) in [6.45, 7) is 0.322. The second-order valence-electron chi connectivity index (χ2n) is 3.80. The van der Waals surface area contributed by atoms with Crippen molar-refractivity contribution in [2.24, 2.45) is 11.8 Å². The Kier molecular flexibility index (Phi) is 4.30. The van der Waals surface area contributed by atoms with E-state index in [1.165, 1.54) is 25.7 Å². The average Bonchev–Trinajstić information content (AvgIpc) is 2.09. The molecule has 2 heteroatoms. The molecule has 1 aliphatic rings. The van der Waals surface area contributed by atoms with Gasteiger partial charge in [0.25, 0.3) is 0 Å². The van der Waals surface area contributed by atoms with Crippen LogP contribution in [-0.2, 0) is 4.79 Å². The van der Waals surface area contributed by atoms with Crippen LogP contribution in [0, 0.1) is 11.8 Å². The molecule has 0 bridgehead atoms. The molecule has 1 rings (SSSR count). The molecule has 0 aromatic heterocycles. The van der Waals surface area contributed by atoms with Crippen LogP contribution < -0.4 is 0 Å². The number of aldehydes is 1. The zero-order chi connectivity index (χ0) is 8.81. The summed E-state index contributed by atoms with van der Waals surface area (Å²) in [6, 6.07) is 0. The Morgan fingerprint density at radius 3 is 2.25 bits per heavy atom.